The van der Waals surface area contributed by atoms with E-state index in [9.17, 15) is 0 Å². The first kappa shape index (κ1) is 23.3. The van der Waals surface area contributed by atoms with Gasteiger partial charge in [0.2, 0.25) is 0 Å². The maximum Gasteiger partial charge on any atom is 0.197 e. The quantitative estimate of drug-likeness (QED) is 0.132. The molecule has 1 saturated carbocycles. The Kier molecular flexibility index (Phi) is 9.50. The van der Waals surface area contributed by atoms with Gasteiger partial charge in [-0.15, -0.1) is 11.8 Å². The maximum atomic E-state index is 6.30. The molecule has 5 heteroatoms. The van der Waals surface area contributed by atoms with Gasteiger partial charge >= 0.3 is 0 Å². The van der Waals surface area contributed by atoms with Crippen LogP contribution in [0.25, 0.3) is 0 Å². The molecule has 1 aliphatic rings. The molecule has 0 amide bonds. The summed E-state index contributed by atoms with van der Waals surface area (Å²) in [5.41, 5.74) is 0.931. The predicted octanol–water partition coefficient (Wildman–Crippen LogP) is 9.02. The SMILES string of the molecule is c1ccc(/N=C(/CC(SSc2ccccc2)SC2CCCCC2)Oc2ccccc2)cc1. The highest BCUT2D eigenvalue weighted by Gasteiger charge is 2.23. The molecule has 2 nitrogen and oxygen atoms in total. The molecule has 1 unspecified atom stereocenters. The van der Waals surface area contributed by atoms with Crippen LogP contribution < -0.4 is 4.74 Å². The van der Waals surface area contributed by atoms with E-state index < -0.39 is 0 Å². The van der Waals surface area contributed by atoms with Crippen molar-refractivity contribution in [3.8, 4) is 5.75 Å². The molecule has 0 aromatic heterocycles. The molecule has 0 spiro atoms. The minimum Gasteiger partial charge on any atom is -0.443 e. The van der Waals surface area contributed by atoms with E-state index in [0.717, 1.165) is 29.0 Å². The van der Waals surface area contributed by atoms with Gasteiger partial charge < -0.3 is 4.74 Å². The molecule has 0 radical (unpaired) electrons. The summed E-state index contributed by atoms with van der Waals surface area (Å²) < 4.78 is 6.67. The summed E-state index contributed by atoms with van der Waals surface area (Å²) in [6.07, 6.45) is 7.52. The molecule has 0 N–H and O–H groups in total. The molecular formula is C27H29NOS3. The average molecular weight is 480 g/mol. The van der Waals surface area contributed by atoms with Gasteiger partial charge in [0.1, 0.15) is 5.75 Å². The largest absolute Gasteiger partial charge is 0.443 e. The number of aliphatic imine (C=N–C) groups is 1. The Morgan fingerprint density at radius 1 is 0.812 bits per heavy atom. The van der Waals surface area contributed by atoms with Gasteiger partial charge in [0.25, 0.3) is 0 Å². The van der Waals surface area contributed by atoms with Crippen LogP contribution in [0, 0.1) is 0 Å². The smallest absolute Gasteiger partial charge is 0.197 e. The highest BCUT2D eigenvalue weighted by Crippen LogP contribution is 2.44. The number of benzene rings is 3. The van der Waals surface area contributed by atoms with E-state index in [-0.39, 0.29) is 0 Å². The van der Waals surface area contributed by atoms with E-state index in [1.165, 1.54) is 37.0 Å². The van der Waals surface area contributed by atoms with Crippen molar-refractivity contribution in [2.45, 2.75) is 53.3 Å². The molecule has 1 atom stereocenters. The van der Waals surface area contributed by atoms with Crippen molar-refractivity contribution in [1.29, 1.82) is 0 Å². The Labute approximate surface area is 204 Å². The van der Waals surface area contributed by atoms with E-state index in [2.05, 4.69) is 42.1 Å². The van der Waals surface area contributed by atoms with Gasteiger partial charge in [-0.25, -0.2) is 4.99 Å². The fourth-order valence-corrected chi connectivity index (χ4v) is 8.21. The lowest BCUT2D eigenvalue weighted by Gasteiger charge is -2.26. The maximum absolute atomic E-state index is 6.30. The van der Waals surface area contributed by atoms with Crippen LogP contribution in [0.5, 0.6) is 5.75 Å². The van der Waals surface area contributed by atoms with Gasteiger partial charge in [-0.2, -0.15) is 0 Å². The van der Waals surface area contributed by atoms with Crippen molar-refractivity contribution >= 4 is 44.9 Å². The lowest BCUT2D eigenvalue weighted by molar-refractivity contribution is 0.515. The van der Waals surface area contributed by atoms with Crippen LogP contribution in [0.1, 0.15) is 38.5 Å². The van der Waals surface area contributed by atoms with E-state index in [4.69, 9.17) is 9.73 Å². The van der Waals surface area contributed by atoms with E-state index in [0.29, 0.717) is 4.58 Å². The molecule has 4 rings (SSSR count). The molecule has 0 bridgehead atoms. The molecule has 32 heavy (non-hydrogen) atoms. The second-order valence-corrected chi connectivity index (χ2v) is 12.1. The van der Waals surface area contributed by atoms with Crippen LogP contribution in [0.15, 0.2) is 101 Å². The number of para-hydroxylation sites is 2. The summed E-state index contributed by atoms with van der Waals surface area (Å²) in [6, 6.07) is 30.8. The Bertz CT molecular complexity index is 944. The first-order valence-electron chi connectivity index (χ1n) is 11.2. The molecule has 1 aliphatic carbocycles. The van der Waals surface area contributed by atoms with Crippen LogP contribution >= 0.6 is 33.3 Å². The number of ether oxygens (including phenoxy) is 1. The summed E-state index contributed by atoms with van der Waals surface area (Å²) in [6.45, 7) is 0. The first-order valence-corrected chi connectivity index (χ1v) is 14.4. The Balaban J connectivity index is 1.52. The zero-order valence-corrected chi connectivity index (χ0v) is 20.6. The highest BCUT2D eigenvalue weighted by atomic mass is 33.1. The topological polar surface area (TPSA) is 21.6 Å². The van der Waals surface area contributed by atoms with Gasteiger partial charge in [0.05, 0.1) is 10.3 Å². The Morgan fingerprint density at radius 3 is 2.12 bits per heavy atom. The van der Waals surface area contributed by atoms with Gasteiger partial charge in [0, 0.05) is 16.6 Å². The molecule has 0 saturated heterocycles. The molecular weight excluding hydrogens is 451 g/mol. The lowest BCUT2D eigenvalue weighted by Crippen LogP contribution is -2.18. The van der Waals surface area contributed by atoms with E-state index in [1.54, 1.807) is 0 Å². The monoisotopic (exact) mass is 479 g/mol. The molecule has 1 fully saturated rings. The van der Waals surface area contributed by atoms with Crippen molar-refractivity contribution in [1.82, 2.24) is 0 Å². The minimum atomic E-state index is 0.370. The van der Waals surface area contributed by atoms with Crippen LogP contribution in [-0.2, 0) is 0 Å². The van der Waals surface area contributed by atoms with Gasteiger partial charge in [-0.05, 0) is 49.2 Å². The van der Waals surface area contributed by atoms with Crippen LogP contribution in [0.3, 0.4) is 0 Å². The summed E-state index contributed by atoms with van der Waals surface area (Å²) in [5.74, 6) is 1.61. The zero-order chi connectivity index (χ0) is 21.8. The van der Waals surface area contributed by atoms with Crippen LogP contribution in [0.2, 0.25) is 0 Å². The van der Waals surface area contributed by atoms with Crippen LogP contribution in [0.4, 0.5) is 5.69 Å². The molecule has 3 aromatic carbocycles. The third-order valence-electron chi connectivity index (χ3n) is 5.22. The van der Waals surface area contributed by atoms with Gasteiger partial charge in [0.15, 0.2) is 5.90 Å². The van der Waals surface area contributed by atoms with Crippen molar-refractivity contribution in [2.75, 3.05) is 0 Å². The first-order chi connectivity index (χ1) is 15.8. The van der Waals surface area contributed by atoms with E-state index >= 15 is 0 Å². The second kappa shape index (κ2) is 13.0. The average Bonchev–Trinajstić information content (AvgIpc) is 2.85. The highest BCUT2D eigenvalue weighted by molar-refractivity contribution is 8.78. The molecule has 3 aromatic rings. The van der Waals surface area contributed by atoms with Gasteiger partial charge in [-0.1, -0.05) is 95.4 Å². The van der Waals surface area contributed by atoms with Crippen molar-refractivity contribution in [2.24, 2.45) is 4.99 Å². The lowest BCUT2D eigenvalue weighted by atomic mass is 10.0. The number of thioether (sulfide) groups is 1. The number of hydrogen-bond donors (Lipinski definition) is 0. The third kappa shape index (κ3) is 7.95. The summed E-state index contributed by atoms with van der Waals surface area (Å²) in [7, 11) is 3.79. The normalized spacial score (nSPS) is 15.9. The summed E-state index contributed by atoms with van der Waals surface area (Å²) in [4.78, 5) is 6.19. The molecule has 166 valence electrons. The Hall–Kier alpha value is -1.82. The number of nitrogens with zero attached hydrogens (tertiary/aromatic N) is 1. The van der Waals surface area contributed by atoms with Crippen molar-refractivity contribution < 1.29 is 4.74 Å². The molecule has 0 aliphatic heterocycles. The number of hydrogen-bond acceptors (Lipinski definition) is 5. The predicted molar refractivity (Wildman–Crippen MR) is 143 cm³/mol. The summed E-state index contributed by atoms with van der Waals surface area (Å²) in [5, 5.41) is 0.729. The fraction of sp³-hybridized carbons (Fsp3) is 0.296. The Morgan fingerprint density at radius 2 is 1.44 bits per heavy atom. The van der Waals surface area contributed by atoms with Crippen molar-refractivity contribution in [3.05, 3.63) is 91.0 Å². The zero-order valence-electron chi connectivity index (χ0n) is 18.1. The van der Waals surface area contributed by atoms with Crippen molar-refractivity contribution in [3.63, 3.8) is 0 Å². The van der Waals surface area contributed by atoms with Crippen LogP contribution in [-0.4, -0.2) is 15.7 Å². The minimum absolute atomic E-state index is 0.370. The van der Waals surface area contributed by atoms with Gasteiger partial charge in [-0.3, -0.25) is 0 Å². The second-order valence-electron chi connectivity index (χ2n) is 7.78. The summed E-state index contributed by atoms with van der Waals surface area (Å²) >= 11 is 2.12. The standard InChI is InChI=1S/C27H29NOS3/c1-5-13-22(14-6-1)28-26(29-23-15-7-2-8-16-23)21-27(30-24-17-9-3-10-18-24)32-31-25-19-11-4-12-20-25/h1-2,4-8,11-16,19-20,24,27H,3,9-10,17-18,21H2/b28-26-. The molecule has 0 heterocycles. The third-order valence-corrected chi connectivity index (χ3v) is 10.0. The number of rotatable bonds is 9. The van der Waals surface area contributed by atoms with E-state index in [1.807, 2.05) is 82.3 Å². The fourth-order valence-electron chi connectivity index (χ4n) is 3.63.